The molecule has 2 aromatic carbocycles. The fourth-order valence-corrected chi connectivity index (χ4v) is 2.96. The Kier molecular flexibility index (Phi) is 7.15. The molecule has 1 heterocycles. The molecule has 7 nitrogen and oxygen atoms in total. The van der Waals surface area contributed by atoms with Gasteiger partial charge in [0.25, 0.3) is 5.91 Å². The fraction of sp³-hybridized carbons (Fsp3) is 0.261. The highest BCUT2D eigenvalue weighted by Gasteiger charge is 2.13. The van der Waals surface area contributed by atoms with Crippen LogP contribution in [0.15, 0.2) is 48.7 Å². The highest BCUT2D eigenvalue weighted by atomic mass is 19.1. The molecule has 3 aromatic rings. The predicted octanol–water partition coefficient (Wildman–Crippen LogP) is 3.63. The number of carbonyl (C=O) groups is 1. The molecular formula is C23H26FN5O2. The summed E-state index contributed by atoms with van der Waals surface area (Å²) < 4.78 is 18.9. The number of likely N-dealkylation sites (N-methyl/N-ethyl adjacent to an activating group) is 1. The molecule has 3 rings (SSSR count). The number of amides is 1. The van der Waals surface area contributed by atoms with Gasteiger partial charge in [0.05, 0.1) is 12.8 Å². The van der Waals surface area contributed by atoms with E-state index >= 15 is 0 Å². The van der Waals surface area contributed by atoms with Gasteiger partial charge in [0.15, 0.2) is 0 Å². The largest absolute Gasteiger partial charge is 0.496 e. The molecule has 31 heavy (non-hydrogen) atoms. The van der Waals surface area contributed by atoms with Crippen molar-refractivity contribution >= 4 is 17.5 Å². The van der Waals surface area contributed by atoms with Gasteiger partial charge < -0.3 is 20.3 Å². The summed E-state index contributed by atoms with van der Waals surface area (Å²) in [7, 11) is 5.40. The van der Waals surface area contributed by atoms with E-state index in [2.05, 4.69) is 20.6 Å². The Morgan fingerprint density at radius 3 is 2.58 bits per heavy atom. The van der Waals surface area contributed by atoms with Gasteiger partial charge >= 0.3 is 0 Å². The third-order valence-electron chi connectivity index (χ3n) is 4.64. The average molecular weight is 423 g/mol. The van der Waals surface area contributed by atoms with Gasteiger partial charge in [0.2, 0.25) is 5.95 Å². The van der Waals surface area contributed by atoms with Crippen molar-refractivity contribution in [3.8, 4) is 17.0 Å². The standard InChI is InChI=1S/C23H26FN5O2/c1-15-14-26-23(28-21(15)19-10-7-17(24)13-20(19)31-4)27-18-8-5-16(6-9-18)22(30)25-11-12-29(2)3/h5-10,13-14H,11-12H2,1-4H3,(H,25,30)(H,26,27,28). The van der Waals surface area contributed by atoms with E-state index < -0.39 is 0 Å². The molecule has 0 aliphatic rings. The summed E-state index contributed by atoms with van der Waals surface area (Å²) in [5, 5.41) is 6.02. The molecule has 0 fully saturated rings. The van der Waals surface area contributed by atoms with Crippen molar-refractivity contribution in [3.63, 3.8) is 0 Å². The summed E-state index contributed by atoms with van der Waals surface area (Å²) in [5.41, 5.74) is 3.47. The molecule has 0 saturated heterocycles. The third-order valence-corrected chi connectivity index (χ3v) is 4.64. The number of halogens is 1. The minimum Gasteiger partial charge on any atom is -0.496 e. The Bertz CT molecular complexity index is 1050. The number of benzene rings is 2. The lowest BCUT2D eigenvalue weighted by Crippen LogP contribution is -2.31. The van der Waals surface area contributed by atoms with Gasteiger partial charge in [-0.3, -0.25) is 4.79 Å². The monoisotopic (exact) mass is 423 g/mol. The normalized spacial score (nSPS) is 10.8. The van der Waals surface area contributed by atoms with Crippen LogP contribution in [0.2, 0.25) is 0 Å². The Hall–Kier alpha value is -3.52. The van der Waals surface area contributed by atoms with Crippen LogP contribution in [-0.2, 0) is 0 Å². The molecule has 0 aliphatic carbocycles. The van der Waals surface area contributed by atoms with Crippen LogP contribution >= 0.6 is 0 Å². The number of carbonyl (C=O) groups excluding carboxylic acids is 1. The van der Waals surface area contributed by atoms with Gasteiger partial charge in [0, 0.05) is 42.2 Å². The Labute approximate surface area is 181 Å². The summed E-state index contributed by atoms with van der Waals surface area (Å²) in [6.45, 7) is 3.24. The van der Waals surface area contributed by atoms with E-state index in [0.717, 1.165) is 17.8 Å². The van der Waals surface area contributed by atoms with Crippen molar-refractivity contribution in [3.05, 3.63) is 65.6 Å². The molecule has 0 radical (unpaired) electrons. The number of hydrogen-bond donors (Lipinski definition) is 2. The van der Waals surface area contributed by atoms with Crippen molar-refractivity contribution in [2.24, 2.45) is 0 Å². The van der Waals surface area contributed by atoms with Crippen LogP contribution < -0.4 is 15.4 Å². The highest BCUT2D eigenvalue weighted by molar-refractivity contribution is 5.94. The van der Waals surface area contributed by atoms with Gasteiger partial charge in [0.1, 0.15) is 11.6 Å². The van der Waals surface area contributed by atoms with E-state index in [-0.39, 0.29) is 11.7 Å². The highest BCUT2D eigenvalue weighted by Crippen LogP contribution is 2.32. The number of nitrogens with zero attached hydrogens (tertiary/aromatic N) is 3. The Balaban J connectivity index is 1.75. The second-order valence-corrected chi connectivity index (χ2v) is 7.33. The first-order valence-electron chi connectivity index (χ1n) is 9.85. The molecule has 1 aromatic heterocycles. The summed E-state index contributed by atoms with van der Waals surface area (Å²) >= 11 is 0. The summed E-state index contributed by atoms with van der Waals surface area (Å²) in [6.07, 6.45) is 1.69. The van der Waals surface area contributed by atoms with Crippen LogP contribution in [0.3, 0.4) is 0 Å². The van der Waals surface area contributed by atoms with Crippen molar-refractivity contribution in [1.29, 1.82) is 0 Å². The van der Waals surface area contributed by atoms with Crippen molar-refractivity contribution in [1.82, 2.24) is 20.2 Å². The number of anilines is 2. The van der Waals surface area contributed by atoms with Crippen molar-refractivity contribution < 1.29 is 13.9 Å². The quantitative estimate of drug-likeness (QED) is 0.576. The molecule has 1 amide bonds. The summed E-state index contributed by atoms with van der Waals surface area (Å²) in [5.74, 6) is 0.287. The van der Waals surface area contributed by atoms with Gasteiger partial charge in [-0.15, -0.1) is 0 Å². The zero-order valence-electron chi connectivity index (χ0n) is 18.1. The predicted molar refractivity (Wildman–Crippen MR) is 119 cm³/mol. The van der Waals surface area contributed by atoms with E-state index in [1.807, 2.05) is 25.9 Å². The second kappa shape index (κ2) is 9.99. The summed E-state index contributed by atoms with van der Waals surface area (Å²) in [6, 6.07) is 11.4. The molecule has 2 N–H and O–H groups in total. The second-order valence-electron chi connectivity index (χ2n) is 7.33. The number of rotatable bonds is 8. The minimum atomic E-state index is -0.378. The molecule has 0 spiro atoms. The van der Waals surface area contributed by atoms with Crippen molar-refractivity contribution in [2.75, 3.05) is 39.6 Å². The van der Waals surface area contributed by atoms with Crippen molar-refractivity contribution in [2.45, 2.75) is 6.92 Å². The average Bonchev–Trinajstić information content (AvgIpc) is 2.75. The van der Waals surface area contributed by atoms with Crippen LogP contribution in [0.25, 0.3) is 11.3 Å². The lowest BCUT2D eigenvalue weighted by atomic mass is 10.1. The van der Waals surface area contributed by atoms with Crippen LogP contribution in [0.5, 0.6) is 5.75 Å². The lowest BCUT2D eigenvalue weighted by molar-refractivity contribution is 0.0951. The lowest BCUT2D eigenvalue weighted by Gasteiger charge is -2.13. The van der Waals surface area contributed by atoms with Gasteiger partial charge in [-0.05, 0) is 63.0 Å². The number of nitrogens with one attached hydrogen (secondary N) is 2. The molecule has 0 aliphatic heterocycles. The van der Waals surface area contributed by atoms with Crippen LogP contribution in [-0.4, -0.2) is 55.1 Å². The summed E-state index contributed by atoms with van der Waals surface area (Å²) in [4.78, 5) is 23.1. The number of aromatic nitrogens is 2. The fourth-order valence-electron chi connectivity index (χ4n) is 2.96. The van der Waals surface area contributed by atoms with Crippen LogP contribution in [0.1, 0.15) is 15.9 Å². The molecule has 8 heteroatoms. The molecule has 0 saturated carbocycles. The molecule has 162 valence electrons. The first-order chi connectivity index (χ1) is 14.9. The van der Waals surface area contributed by atoms with E-state index in [0.29, 0.717) is 35.1 Å². The van der Waals surface area contributed by atoms with Crippen LogP contribution in [0.4, 0.5) is 16.0 Å². The minimum absolute atomic E-state index is 0.120. The van der Waals surface area contributed by atoms with E-state index in [1.54, 1.807) is 36.5 Å². The van der Waals surface area contributed by atoms with Gasteiger partial charge in [-0.2, -0.15) is 0 Å². The zero-order valence-corrected chi connectivity index (χ0v) is 18.1. The number of hydrogen-bond acceptors (Lipinski definition) is 6. The Morgan fingerprint density at radius 2 is 1.90 bits per heavy atom. The zero-order chi connectivity index (χ0) is 22.4. The maximum atomic E-state index is 13.6. The number of aryl methyl sites for hydroxylation is 1. The maximum Gasteiger partial charge on any atom is 0.251 e. The third kappa shape index (κ3) is 5.76. The smallest absolute Gasteiger partial charge is 0.251 e. The van der Waals surface area contributed by atoms with E-state index in [1.165, 1.54) is 19.2 Å². The van der Waals surface area contributed by atoms with E-state index in [4.69, 9.17) is 4.74 Å². The molecule has 0 atom stereocenters. The van der Waals surface area contributed by atoms with Gasteiger partial charge in [-0.25, -0.2) is 14.4 Å². The number of ether oxygens (including phenoxy) is 1. The first-order valence-corrected chi connectivity index (χ1v) is 9.85. The maximum absolute atomic E-state index is 13.6. The first kappa shape index (κ1) is 22.2. The van der Waals surface area contributed by atoms with E-state index in [9.17, 15) is 9.18 Å². The van der Waals surface area contributed by atoms with Crippen LogP contribution in [0, 0.1) is 12.7 Å². The molecule has 0 unspecified atom stereocenters. The SMILES string of the molecule is COc1cc(F)ccc1-c1nc(Nc2ccc(C(=O)NCCN(C)C)cc2)ncc1C. The topological polar surface area (TPSA) is 79.4 Å². The molecular weight excluding hydrogens is 397 g/mol. The van der Waals surface area contributed by atoms with Gasteiger partial charge in [-0.1, -0.05) is 0 Å². The number of methoxy groups -OCH3 is 1. The Morgan fingerprint density at radius 1 is 1.16 bits per heavy atom. The molecule has 0 bridgehead atoms.